The van der Waals surface area contributed by atoms with Crippen LogP contribution in [0.5, 0.6) is 11.5 Å². The first-order valence-electron chi connectivity index (χ1n) is 10.9. The van der Waals surface area contributed by atoms with Gasteiger partial charge in [0.25, 0.3) is 5.91 Å². The van der Waals surface area contributed by atoms with Crippen LogP contribution in [0.1, 0.15) is 27.0 Å². The maximum absolute atomic E-state index is 13.6. The minimum absolute atomic E-state index is 0.114. The number of amides is 2. The Kier molecular flexibility index (Phi) is 6.88. The highest BCUT2D eigenvalue weighted by molar-refractivity contribution is 5.97. The van der Waals surface area contributed by atoms with E-state index < -0.39 is 6.04 Å². The molecule has 2 heterocycles. The molecule has 2 amide bonds. The molecule has 1 aliphatic rings. The van der Waals surface area contributed by atoms with Gasteiger partial charge in [0, 0.05) is 31.9 Å². The topological polar surface area (TPSA) is 80.8 Å². The number of aromatic nitrogens is 1. The highest BCUT2D eigenvalue weighted by atomic mass is 16.5. The van der Waals surface area contributed by atoms with Crippen molar-refractivity contribution in [3.05, 3.63) is 89.2 Å². The first-order valence-corrected chi connectivity index (χ1v) is 10.9. The zero-order valence-corrected chi connectivity index (χ0v) is 18.8. The Morgan fingerprint density at radius 3 is 2.42 bits per heavy atom. The van der Waals surface area contributed by atoms with Gasteiger partial charge in [-0.15, -0.1) is 0 Å². The minimum Gasteiger partial charge on any atom is -0.493 e. The van der Waals surface area contributed by atoms with Gasteiger partial charge in [-0.2, -0.15) is 0 Å². The van der Waals surface area contributed by atoms with Crippen molar-refractivity contribution in [2.24, 2.45) is 0 Å². The summed E-state index contributed by atoms with van der Waals surface area (Å²) in [5.74, 6) is 0.885. The van der Waals surface area contributed by atoms with E-state index in [1.807, 2.05) is 42.5 Å². The van der Waals surface area contributed by atoms with Crippen LogP contribution in [-0.4, -0.2) is 48.5 Å². The van der Waals surface area contributed by atoms with Crippen LogP contribution in [0.4, 0.5) is 0 Å². The van der Waals surface area contributed by atoms with Gasteiger partial charge in [-0.1, -0.05) is 30.3 Å². The van der Waals surface area contributed by atoms with Gasteiger partial charge in [-0.25, -0.2) is 0 Å². The van der Waals surface area contributed by atoms with Gasteiger partial charge >= 0.3 is 0 Å². The van der Waals surface area contributed by atoms with E-state index in [2.05, 4.69) is 10.3 Å². The maximum atomic E-state index is 13.6. The molecule has 0 unspecified atom stereocenters. The Labute approximate surface area is 193 Å². The monoisotopic (exact) mass is 445 g/mol. The van der Waals surface area contributed by atoms with Gasteiger partial charge in [0.2, 0.25) is 5.91 Å². The van der Waals surface area contributed by atoms with E-state index in [0.717, 1.165) is 16.7 Å². The van der Waals surface area contributed by atoms with Crippen LogP contribution in [0.15, 0.2) is 67.0 Å². The first-order chi connectivity index (χ1) is 16.1. The third-order valence-electron chi connectivity index (χ3n) is 5.84. The predicted molar refractivity (Wildman–Crippen MR) is 124 cm³/mol. The normalized spacial score (nSPS) is 13.6. The van der Waals surface area contributed by atoms with Crippen LogP contribution in [0.2, 0.25) is 0 Å². The molecule has 1 atom stereocenters. The molecule has 0 spiro atoms. The van der Waals surface area contributed by atoms with E-state index in [4.69, 9.17) is 9.47 Å². The predicted octanol–water partition coefficient (Wildman–Crippen LogP) is 3.02. The summed E-state index contributed by atoms with van der Waals surface area (Å²) in [6.07, 6.45) is 4.21. The Balaban J connectivity index is 1.56. The standard InChI is InChI=1S/C26H27N3O4/c1-32-23-14-19-10-12-29(17-21(19)15-24(23)33-2)26(31)22(13-18-7-4-3-5-8-18)28-25(30)20-9-6-11-27-16-20/h3-9,11,14-16,22H,10,12-13,17H2,1-2H3,(H,28,30)/t22-/m1/s1. The van der Waals surface area contributed by atoms with E-state index in [9.17, 15) is 9.59 Å². The summed E-state index contributed by atoms with van der Waals surface area (Å²) in [5.41, 5.74) is 3.55. The second kappa shape index (κ2) is 10.2. The fraction of sp³-hybridized carbons (Fsp3) is 0.269. The van der Waals surface area contributed by atoms with Crippen molar-refractivity contribution in [1.29, 1.82) is 0 Å². The Morgan fingerprint density at radius 2 is 1.76 bits per heavy atom. The fourth-order valence-corrected chi connectivity index (χ4v) is 4.08. The van der Waals surface area contributed by atoms with E-state index >= 15 is 0 Å². The summed E-state index contributed by atoms with van der Waals surface area (Å²) >= 11 is 0. The van der Waals surface area contributed by atoms with Gasteiger partial charge in [-0.3, -0.25) is 14.6 Å². The van der Waals surface area contributed by atoms with Crippen LogP contribution in [-0.2, 0) is 24.2 Å². The van der Waals surface area contributed by atoms with Crippen LogP contribution < -0.4 is 14.8 Å². The lowest BCUT2D eigenvalue weighted by Crippen LogP contribution is -2.50. The summed E-state index contributed by atoms with van der Waals surface area (Å²) < 4.78 is 10.8. The molecule has 0 aliphatic carbocycles. The van der Waals surface area contributed by atoms with Gasteiger partial charge in [0.05, 0.1) is 19.8 Å². The third-order valence-corrected chi connectivity index (χ3v) is 5.84. The molecule has 4 rings (SSSR count). The van der Waals surface area contributed by atoms with Crippen molar-refractivity contribution >= 4 is 11.8 Å². The molecule has 7 nitrogen and oxygen atoms in total. The number of carbonyl (C=O) groups excluding carboxylic acids is 2. The van der Waals surface area contributed by atoms with Crippen molar-refractivity contribution < 1.29 is 19.1 Å². The average Bonchev–Trinajstić information content (AvgIpc) is 2.87. The molecule has 1 N–H and O–H groups in total. The van der Waals surface area contributed by atoms with Crippen molar-refractivity contribution in [2.45, 2.75) is 25.4 Å². The molecule has 2 aromatic carbocycles. The Hall–Kier alpha value is -3.87. The molecule has 33 heavy (non-hydrogen) atoms. The Bertz CT molecular complexity index is 1120. The summed E-state index contributed by atoms with van der Waals surface area (Å²) in [7, 11) is 3.21. The minimum atomic E-state index is -0.693. The molecule has 1 aromatic heterocycles. The molecule has 0 radical (unpaired) electrons. The number of ether oxygens (including phenoxy) is 2. The van der Waals surface area contributed by atoms with Crippen molar-refractivity contribution in [2.75, 3.05) is 20.8 Å². The number of nitrogens with zero attached hydrogens (tertiary/aromatic N) is 2. The molecule has 3 aromatic rings. The van der Waals surface area contributed by atoms with Gasteiger partial charge in [0.1, 0.15) is 6.04 Å². The second-order valence-corrected chi connectivity index (χ2v) is 7.94. The Morgan fingerprint density at radius 1 is 1.03 bits per heavy atom. The zero-order valence-electron chi connectivity index (χ0n) is 18.8. The number of nitrogens with one attached hydrogen (secondary N) is 1. The number of pyridine rings is 1. The number of hydrogen-bond donors (Lipinski definition) is 1. The van der Waals surface area contributed by atoms with Gasteiger partial charge < -0.3 is 19.7 Å². The number of benzene rings is 2. The van der Waals surface area contributed by atoms with Crippen LogP contribution in [0.3, 0.4) is 0 Å². The van der Waals surface area contributed by atoms with Crippen molar-refractivity contribution in [3.8, 4) is 11.5 Å². The largest absolute Gasteiger partial charge is 0.493 e. The molecular weight excluding hydrogens is 418 g/mol. The molecule has 1 aliphatic heterocycles. The molecule has 170 valence electrons. The zero-order chi connectivity index (χ0) is 23.2. The third kappa shape index (κ3) is 5.14. The number of rotatable bonds is 7. The summed E-state index contributed by atoms with van der Waals surface area (Å²) in [4.78, 5) is 32.2. The fourth-order valence-electron chi connectivity index (χ4n) is 4.08. The quantitative estimate of drug-likeness (QED) is 0.605. The second-order valence-electron chi connectivity index (χ2n) is 7.94. The van der Waals surface area contributed by atoms with Gasteiger partial charge in [0.15, 0.2) is 11.5 Å². The summed E-state index contributed by atoms with van der Waals surface area (Å²) in [6, 6.07) is 16.3. The number of fused-ring (bicyclic) bond motifs is 1. The number of carbonyl (C=O) groups is 2. The van der Waals surface area contributed by atoms with E-state index in [1.165, 1.54) is 6.20 Å². The lowest BCUT2D eigenvalue weighted by Gasteiger charge is -2.32. The van der Waals surface area contributed by atoms with Crippen LogP contribution >= 0.6 is 0 Å². The lowest BCUT2D eigenvalue weighted by atomic mass is 9.97. The molecule has 0 bridgehead atoms. The van der Waals surface area contributed by atoms with Crippen molar-refractivity contribution in [3.63, 3.8) is 0 Å². The molecule has 0 saturated heterocycles. The van der Waals surface area contributed by atoms with E-state index in [-0.39, 0.29) is 11.8 Å². The maximum Gasteiger partial charge on any atom is 0.253 e. The van der Waals surface area contributed by atoms with Crippen molar-refractivity contribution in [1.82, 2.24) is 15.2 Å². The average molecular weight is 446 g/mol. The SMILES string of the molecule is COc1cc2c(cc1OC)CN(C(=O)[C@@H](Cc1ccccc1)NC(=O)c1cccnc1)CC2. The molecule has 0 saturated carbocycles. The first kappa shape index (κ1) is 22.3. The summed E-state index contributed by atoms with van der Waals surface area (Å²) in [5, 5.41) is 2.93. The summed E-state index contributed by atoms with van der Waals surface area (Å²) in [6.45, 7) is 1.01. The molecule has 0 fully saturated rings. The van der Waals surface area contributed by atoms with Crippen LogP contribution in [0.25, 0.3) is 0 Å². The van der Waals surface area contributed by atoms with Gasteiger partial charge in [-0.05, 0) is 47.4 Å². The van der Waals surface area contributed by atoms with Crippen LogP contribution in [0, 0.1) is 0 Å². The highest BCUT2D eigenvalue weighted by Gasteiger charge is 2.30. The lowest BCUT2D eigenvalue weighted by molar-refractivity contribution is -0.134. The van der Waals surface area contributed by atoms with E-state index in [1.54, 1.807) is 37.4 Å². The molecular formula is C26H27N3O4. The number of methoxy groups -OCH3 is 2. The molecule has 7 heteroatoms. The van der Waals surface area contributed by atoms with E-state index in [0.29, 0.717) is 43.0 Å². The highest BCUT2D eigenvalue weighted by Crippen LogP contribution is 2.33. The number of hydrogen-bond acceptors (Lipinski definition) is 5. The smallest absolute Gasteiger partial charge is 0.253 e.